The lowest BCUT2D eigenvalue weighted by Crippen LogP contribution is -2.46. The van der Waals surface area contributed by atoms with E-state index in [1.807, 2.05) is 42.0 Å². The van der Waals surface area contributed by atoms with Crippen molar-refractivity contribution in [3.8, 4) is 11.4 Å². The number of carbonyl (C=O) groups is 1. The summed E-state index contributed by atoms with van der Waals surface area (Å²) in [5.74, 6) is 0.953. The number of aromatic nitrogens is 2. The highest BCUT2D eigenvalue weighted by Crippen LogP contribution is 2.31. The number of methoxy groups -OCH3 is 1. The molecule has 0 N–H and O–H groups in total. The summed E-state index contributed by atoms with van der Waals surface area (Å²) in [6.45, 7) is 2.82. The first-order valence-corrected chi connectivity index (χ1v) is 11.4. The Bertz CT molecular complexity index is 1180. The minimum absolute atomic E-state index is 0.189. The number of benzene rings is 2. The van der Waals surface area contributed by atoms with Gasteiger partial charge in [0.2, 0.25) is 5.91 Å². The van der Waals surface area contributed by atoms with Gasteiger partial charge in [0.25, 0.3) is 0 Å². The summed E-state index contributed by atoms with van der Waals surface area (Å²) in [7, 11) is 1.67. The van der Waals surface area contributed by atoms with Crippen molar-refractivity contribution >= 4 is 12.0 Å². The summed E-state index contributed by atoms with van der Waals surface area (Å²) in [4.78, 5) is 19.8. The fourth-order valence-electron chi connectivity index (χ4n) is 5.01. The van der Waals surface area contributed by atoms with Crippen molar-refractivity contribution in [2.45, 2.75) is 45.1 Å². The molecule has 5 nitrogen and oxygen atoms in total. The molecule has 1 amide bonds. The maximum absolute atomic E-state index is 13.4. The third kappa shape index (κ3) is 3.95. The van der Waals surface area contributed by atoms with E-state index in [1.165, 1.54) is 11.1 Å². The number of carbonyl (C=O) groups excluding carboxylic acids is 1. The minimum Gasteiger partial charge on any atom is -0.495 e. The molecule has 0 unspecified atom stereocenters. The number of hydrogen-bond acceptors (Lipinski definition) is 3. The number of rotatable bonds is 4. The van der Waals surface area contributed by atoms with Crippen molar-refractivity contribution in [2.75, 3.05) is 13.7 Å². The predicted molar refractivity (Wildman–Crippen MR) is 126 cm³/mol. The van der Waals surface area contributed by atoms with E-state index in [1.54, 1.807) is 13.4 Å². The van der Waals surface area contributed by atoms with Gasteiger partial charge in [-0.1, -0.05) is 30.3 Å². The number of piperidine rings is 1. The second kappa shape index (κ2) is 8.65. The van der Waals surface area contributed by atoms with Crippen molar-refractivity contribution in [3.05, 3.63) is 82.9 Å². The smallest absolute Gasteiger partial charge is 0.250 e. The molecule has 1 aliphatic carbocycles. The van der Waals surface area contributed by atoms with E-state index in [9.17, 15) is 4.79 Å². The summed E-state index contributed by atoms with van der Waals surface area (Å²) in [5.41, 5.74) is 6.60. The van der Waals surface area contributed by atoms with Crippen LogP contribution in [0.3, 0.4) is 0 Å². The molecule has 1 saturated heterocycles. The van der Waals surface area contributed by atoms with Crippen molar-refractivity contribution in [1.82, 2.24) is 14.5 Å². The standard InChI is InChI=1S/C27H29N3O2/c1-19-17-29(18-28-19)25-12-9-20(15-26(25)32-2)14-23-8-5-13-30(27(23)31)24-11-10-21-6-3-4-7-22(21)16-24/h3-4,6-7,9,12,14-15,17-18,24H,5,8,10-11,13,16H2,1-2H3/b23-14+/t24-/m1/s1. The highest BCUT2D eigenvalue weighted by atomic mass is 16.5. The molecule has 5 heteroatoms. The second-order valence-corrected chi connectivity index (χ2v) is 8.79. The SMILES string of the molecule is COc1cc(/C=C2\CCCN([C@@H]3CCc4ccccc4C3)C2=O)ccc1-n1cnc(C)c1. The predicted octanol–water partition coefficient (Wildman–Crippen LogP) is 4.75. The van der Waals surface area contributed by atoms with E-state index in [-0.39, 0.29) is 5.91 Å². The number of fused-ring (bicyclic) bond motifs is 1. The number of nitrogens with zero attached hydrogens (tertiary/aromatic N) is 3. The van der Waals surface area contributed by atoms with Gasteiger partial charge in [0.15, 0.2) is 0 Å². The van der Waals surface area contributed by atoms with Gasteiger partial charge in [0.1, 0.15) is 5.75 Å². The molecular formula is C27H29N3O2. The third-order valence-electron chi connectivity index (χ3n) is 6.68. The van der Waals surface area contributed by atoms with Crippen LogP contribution in [0.2, 0.25) is 0 Å². The van der Waals surface area contributed by atoms with Crippen LogP contribution < -0.4 is 4.74 Å². The lowest BCUT2D eigenvalue weighted by molar-refractivity contribution is -0.131. The quantitative estimate of drug-likeness (QED) is 0.565. The number of aryl methyl sites for hydroxylation is 2. The third-order valence-corrected chi connectivity index (χ3v) is 6.68. The van der Waals surface area contributed by atoms with Crippen molar-refractivity contribution in [2.24, 2.45) is 0 Å². The fourth-order valence-corrected chi connectivity index (χ4v) is 5.01. The van der Waals surface area contributed by atoms with Crippen LogP contribution >= 0.6 is 0 Å². The Balaban J connectivity index is 1.38. The minimum atomic E-state index is 0.189. The molecule has 2 aliphatic rings. The van der Waals surface area contributed by atoms with Gasteiger partial charge in [-0.25, -0.2) is 4.98 Å². The van der Waals surface area contributed by atoms with Gasteiger partial charge in [-0.3, -0.25) is 4.79 Å². The number of imidazole rings is 1. The summed E-state index contributed by atoms with van der Waals surface area (Å²) in [5, 5.41) is 0. The zero-order chi connectivity index (χ0) is 22.1. The van der Waals surface area contributed by atoms with E-state index < -0.39 is 0 Å². The van der Waals surface area contributed by atoms with Crippen LogP contribution in [0.5, 0.6) is 5.75 Å². The summed E-state index contributed by atoms with van der Waals surface area (Å²) in [6, 6.07) is 15.0. The number of likely N-dealkylation sites (tertiary alicyclic amines) is 1. The molecule has 3 aromatic rings. The molecule has 1 aliphatic heterocycles. The van der Waals surface area contributed by atoms with Crippen molar-refractivity contribution in [1.29, 1.82) is 0 Å². The number of amides is 1. The Morgan fingerprint density at radius 3 is 2.75 bits per heavy atom. The lowest BCUT2D eigenvalue weighted by atomic mass is 9.86. The van der Waals surface area contributed by atoms with E-state index in [0.717, 1.165) is 66.9 Å². The summed E-state index contributed by atoms with van der Waals surface area (Å²) in [6.07, 6.45) is 10.7. The van der Waals surface area contributed by atoms with E-state index in [4.69, 9.17) is 4.74 Å². The topological polar surface area (TPSA) is 47.4 Å². The van der Waals surface area contributed by atoms with E-state index in [2.05, 4.69) is 34.1 Å². The highest BCUT2D eigenvalue weighted by molar-refractivity contribution is 5.98. The van der Waals surface area contributed by atoms with Crippen molar-refractivity contribution in [3.63, 3.8) is 0 Å². The van der Waals surface area contributed by atoms with Gasteiger partial charge in [0.05, 0.1) is 24.8 Å². The monoisotopic (exact) mass is 427 g/mol. The van der Waals surface area contributed by atoms with Crippen LogP contribution in [-0.2, 0) is 17.6 Å². The molecule has 1 fully saturated rings. The van der Waals surface area contributed by atoms with Crippen LogP contribution in [0.25, 0.3) is 11.8 Å². The maximum Gasteiger partial charge on any atom is 0.250 e. The Labute approximate surface area is 189 Å². The van der Waals surface area contributed by atoms with E-state index >= 15 is 0 Å². The molecule has 164 valence electrons. The van der Waals surface area contributed by atoms with Crippen LogP contribution in [0, 0.1) is 6.92 Å². The average Bonchev–Trinajstić information content (AvgIpc) is 3.26. The summed E-state index contributed by atoms with van der Waals surface area (Å²) >= 11 is 0. The van der Waals surface area contributed by atoms with Gasteiger partial charge < -0.3 is 14.2 Å². The normalized spacial score (nSPS) is 19.8. The van der Waals surface area contributed by atoms with Gasteiger partial charge in [-0.05, 0) is 73.9 Å². The van der Waals surface area contributed by atoms with Gasteiger partial charge >= 0.3 is 0 Å². The first kappa shape index (κ1) is 20.6. The highest BCUT2D eigenvalue weighted by Gasteiger charge is 2.31. The van der Waals surface area contributed by atoms with Crippen LogP contribution in [-0.4, -0.2) is 40.1 Å². The first-order chi connectivity index (χ1) is 15.6. The molecule has 2 aromatic carbocycles. The largest absolute Gasteiger partial charge is 0.495 e. The molecule has 32 heavy (non-hydrogen) atoms. The van der Waals surface area contributed by atoms with Crippen LogP contribution in [0.1, 0.15) is 41.6 Å². The van der Waals surface area contributed by atoms with E-state index in [0.29, 0.717) is 6.04 Å². The zero-order valence-electron chi connectivity index (χ0n) is 18.8. The van der Waals surface area contributed by atoms with Crippen LogP contribution in [0.15, 0.2) is 60.6 Å². The zero-order valence-corrected chi connectivity index (χ0v) is 18.8. The van der Waals surface area contributed by atoms with Gasteiger partial charge in [0, 0.05) is 24.4 Å². The second-order valence-electron chi connectivity index (χ2n) is 8.79. The average molecular weight is 428 g/mol. The van der Waals surface area contributed by atoms with Crippen LogP contribution in [0.4, 0.5) is 0 Å². The molecule has 1 aromatic heterocycles. The van der Waals surface area contributed by atoms with Gasteiger partial charge in [-0.15, -0.1) is 0 Å². The first-order valence-electron chi connectivity index (χ1n) is 11.4. The molecule has 0 radical (unpaired) electrons. The molecule has 2 heterocycles. The molecular weight excluding hydrogens is 398 g/mol. The molecule has 0 spiro atoms. The molecule has 0 saturated carbocycles. The summed E-state index contributed by atoms with van der Waals surface area (Å²) < 4.78 is 7.60. The number of ether oxygens (including phenoxy) is 1. The maximum atomic E-state index is 13.4. The molecule has 0 bridgehead atoms. The Hall–Kier alpha value is -3.34. The fraction of sp³-hybridized carbons (Fsp3) is 0.333. The lowest BCUT2D eigenvalue weighted by Gasteiger charge is -2.38. The van der Waals surface area contributed by atoms with Gasteiger partial charge in [-0.2, -0.15) is 0 Å². The Morgan fingerprint density at radius 2 is 1.97 bits per heavy atom. The Morgan fingerprint density at radius 1 is 1.12 bits per heavy atom. The number of hydrogen-bond donors (Lipinski definition) is 0. The van der Waals surface area contributed by atoms with Crippen molar-refractivity contribution < 1.29 is 9.53 Å². The molecule has 5 rings (SSSR count). The Kier molecular flexibility index (Phi) is 5.56. The molecule has 1 atom stereocenters.